The van der Waals surface area contributed by atoms with Gasteiger partial charge in [0.05, 0.1) is 5.56 Å². The summed E-state index contributed by atoms with van der Waals surface area (Å²) in [7, 11) is 0. The van der Waals surface area contributed by atoms with Crippen LogP contribution in [-0.2, 0) is 6.18 Å². The minimum atomic E-state index is -4.29. The maximum absolute atomic E-state index is 12.4. The number of benzene rings is 2. The van der Waals surface area contributed by atoms with E-state index in [1.807, 2.05) is 31.2 Å². The lowest BCUT2D eigenvalue weighted by Crippen LogP contribution is -2.04. The molecular formula is C15H14F3N. The van der Waals surface area contributed by atoms with E-state index in [0.29, 0.717) is 0 Å². The van der Waals surface area contributed by atoms with Crippen LogP contribution in [0.2, 0.25) is 0 Å². The number of nitrogens with two attached hydrogens (primary N) is 1. The van der Waals surface area contributed by atoms with Gasteiger partial charge >= 0.3 is 6.18 Å². The molecule has 0 spiro atoms. The molecule has 0 heterocycles. The predicted octanol–water partition coefficient (Wildman–Crippen LogP) is 4.39. The number of hydrogen-bond donors (Lipinski definition) is 1. The Morgan fingerprint density at radius 2 is 1.26 bits per heavy atom. The van der Waals surface area contributed by atoms with Gasteiger partial charge in [0.1, 0.15) is 0 Å². The first-order valence-electron chi connectivity index (χ1n) is 5.91. The number of hydrogen-bond acceptors (Lipinski definition) is 1. The molecule has 0 saturated carbocycles. The summed E-state index contributed by atoms with van der Waals surface area (Å²) in [6.45, 7) is 1.88. The molecule has 0 fully saturated rings. The Bertz CT molecular complexity index is 539. The Morgan fingerprint density at radius 1 is 0.842 bits per heavy atom. The van der Waals surface area contributed by atoms with Gasteiger partial charge in [0.2, 0.25) is 0 Å². The van der Waals surface area contributed by atoms with E-state index >= 15 is 0 Å². The van der Waals surface area contributed by atoms with Crippen LogP contribution in [-0.4, -0.2) is 0 Å². The average Bonchev–Trinajstić information content (AvgIpc) is 2.38. The molecule has 0 aliphatic carbocycles. The second-order valence-corrected chi connectivity index (χ2v) is 4.49. The van der Waals surface area contributed by atoms with E-state index in [0.717, 1.165) is 28.8 Å². The smallest absolute Gasteiger partial charge is 0.324 e. The molecule has 2 rings (SSSR count). The molecule has 19 heavy (non-hydrogen) atoms. The third-order valence-electron chi connectivity index (χ3n) is 2.98. The van der Waals surface area contributed by atoms with Crippen molar-refractivity contribution in [2.24, 2.45) is 5.73 Å². The van der Waals surface area contributed by atoms with Crippen LogP contribution in [0.15, 0.2) is 48.5 Å². The minimum Gasteiger partial charge on any atom is -0.324 e. The zero-order valence-electron chi connectivity index (χ0n) is 10.4. The van der Waals surface area contributed by atoms with Crippen molar-refractivity contribution in [3.05, 3.63) is 59.7 Å². The molecule has 2 N–H and O–H groups in total. The van der Waals surface area contributed by atoms with E-state index in [9.17, 15) is 13.2 Å². The normalized spacial score (nSPS) is 13.3. The van der Waals surface area contributed by atoms with Crippen molar-refractivity contribution in [1.29, 1.82) is 0 Å². The number of alkyl halides is 3. The van der Waals surface area contributed by atoms with Gasteiger partial charge in [0.25, 0.3) is 0 Å². The highest BCUT2D eigenvalue weighted by atomic mass is 19.4. The first kappa shape index (κ1) is 13.6. The summed E-state index contributed by atoms with van der Waals surface area (Å²) in [4.78, 5) is 0. The zero-order valence-corrected chi connectivity index (χ0v) is 10.4. The molecule has 2 aromatic rings. The summed E-state index contributed by atoms with van der Waals surface area (Å²) in [5.41, 5.74) is 7.73. The van der Waals surface area contributed by atoms with Crippen LogP contribution in [0.1, 0.15) is 24.1 Å². The Kier molecular flexibility index (Phi) is 3.62. The van der Waals surface area contributed by atoms with Crippen LogP contribution < -0.4 is 5.73 Å². The largest absolute Gasteiger partial charge is 0.416 e. The lowest BCUT2D eigenvalue weighted by Gasteiger charge is -2.09. The van der Waals surface area contributed by atoms with E-state index in [4.69, 9.17) is 5.73 Å². The van der Waals surface area contributed by atoms with Gasteiger partial charge in [0, 0.05) is 6.04 Å². The van der Waals surface area contributed by atoms with Crippen molar-refractivity contribution >= 4 is 0 Å². The third kappa shape index (κ3) is 3.15. The summed E-state index contributed by atoms with van der Waals surface area (Å²) >= 11 is 0. The molecule has 1 atom stereocenters. The van der Waals surface area contributed by atoms with Crippen molar-refractivity contribution < 1.29 is 13.2 Å². The van der Waals surface area contributed by atoms with Crippen molar-refractivity contribution in [3.63, 3.8) is 0 Å². The molecule has 0 unspecified atom stereocenters. The summed E-state index contributed by atoms with van der Waals surface area (Å²) < 4.78 is 37.3. The fourth-order valence-electron chi connectivity index (χ4n) is 1.83. The van der Waals surface area contributed by atoms with Gasteiger partial charge in [-0.15, -0.1) is 0 Å². The molecule has 0 aliphatic heterocycles. The van der Waals surface area contributed by atoms with E-state index in [2.05, 4.69) is 0 Å². The highest BCUT2D eigenvalue weighted by Crippen LogP contribution is 2.31. The lowest BCUT2D eigenvalue weighted by molar-refractivity contribution is -0.137. The number of halogens is 3. The molecule has 0 radical (unpaired) electrons. The fourth-order valence-corrected chi connectivity index (χ4v) is 1.83. The highest BCUT2D eigenvalue weighted by Gasteiger charge is 2.29. The van der Waals surface area contributed by atoms with Gasteiger partial charge in [-0.1, -0.05) is 36.4 Å². The molecule has 0 bridgehead atoms. The lowest BCUT2D eigenvalue weighted by atomic mass is 10.0. The number of rotatable bonds is 2. The summed E-state index contributed by atoms with van der Waals surface area (Å²) in [6.07, 6.45) is -4.29. The van der Waals surface area contributed by atoms with Crippen LogP contribution in [0, 0.1) is 0 Å². The van der Waals surface area contributed by atoms with Gasteiger partial charge in [-0.2, -0.15) is 13.2 Å². The molecular weight excluding hydrogens is 251 g/mol. The quantitative estimate of drug-likeness (QED) is 0.856. The Hall–Kier alpha value is -1.81. The standard InChI is InChI=1S/C15H14F3N/c1-10(19)11-2-4-12(5-3-11)13-6-8-14(9-7-13)15(16,17)18/h2-10H,19H2,1H3/t10-/m1/s1. The van der Waals surface area contributed by atoms with E-state index < -0.39 is 11.7 Å². The summed E-state index contributed by atoms with van der Waals surface area (Å²) in [6, 6.07) is 12.6. The molecule has 100 valence electrons. The molecule has 0 amide bonds. The van der Waals surface area contributed by atoms with Crippen LogP contribution in [0.3, 0.4) is 0 Å². The van der Waals surface area contributed by atoms with Crippen LogP contribution in [0.25, 0.3) is 11.1 Å². The fraction of sp³-hybridized carbons (Fsp3) is 0.200. The second kappa shape index (κ2) is 5.05. The van der Waals surface area contributed by atoms with Crippen molar-refractivity contribution in [2.45, 2.75) is 19.1 Å². The zero-order chi connectivity index (χ0) is 14.0. The average molecular weight is 265 g/mol. The van der Waals surface area contributed by atoms with Gasteiger partial charge < -0.3 is 5.73 Å². The predicted molar refractivity (Wildman–Crippen MR) is 69.5 cm³/mol. The molecule has 1 nitrogen and oxygen atoms in total. The van der Waals surface area contributed by atoms with Crippen LogP contribution in [0.5, 0.6) is 0 Å². The topological polar surface area (TPSA) is 26.0 Å². The van der Waals surface area contributed by atoms with Gasteiger partial charge in [-0.25, -0.2) is 0 Å². The van der Waals surface area contributed by atoms with Crippen molar-refractivity contribution in [1.82, 2.24) is 0 Å². The van der Waals surface area contributed by atoms with E-state index in [1.54, 1.807) is 0 Å². The summed E-state index contributed by atoms with van der Waals surface area (Å²) in [5, 5.41) is 0. The van der Waals surface area contributed by atoms with Crippen molar-refractivity contribution in [3.8, 4) is 11.1 Å². The SMILES string of the molecule is C[C@@H](N)c1ccc(-c2ccc(C(F)(F)F)cc2)cc1. The Labute approximate surface area is 109 Å². The molecule has 0 aromatic heterocycles. The third-order valence-corrected chi connectivity index (χ3v) is 2.98. The molecule has 0 saturated heterocycles. The monoisotopic (exact) mass is 265 g/mol. The molecule has 2 aromatic carbocycles. The highest BCUT2D eigenvalue weighted by molar-refractivity contribution is 5.64. The van der Waals surface area contributed by atoms with Gasteiger partial charge in [-0.3, -0.25) is 0 Å². The Morgan fingerprint density at radius 3 is 1.63 bits per heavy atom. The maximum Gasteiger partial charge on any atom is 0.416 e. The van der Waals surface area contributed by atoms with Crippen molar-refractivity contribution in [2.75, 3.05) is 0 Å². The molecule has 0 aliphatic rings. The molecule has 4 heteroatoms. The first-order chi connectivity index (χ1) is 8.88. The van der Waals surface area contributed by atoms with E-state index in [-0.39, 0.29) is 6.04 Å². The first-order valence-corrected chi connectivity index (χ1v) is 5.91. The summed E-state index contributed by atoms with van der Waals surface area (Å²) in [5.74, 6) is 0. The van der Waals surface area contributed by atoms with E-state index in [1.165, 1.54) is 12.1 Å². The maximum atomic E-state index is 12.4. The van der Waals surface area contributed by atoms with Gasteiger partial charge in [0.15, 0.2) is 0 Å². The second-order valence-electron chi connectivity index (χ2n) is 4.49. The minimum absolute atomic E-state index is 0.0540. The van der Waals surface area contributed by atoms with Gasteiger partial charge in [-0.05, 0) is 35.7 Å². The van der Waals surface area contributed by atoms with Crippen LogP contribution in [0.4, 0.5) is 13.2 Å². The Balaban J connectivity index is 2.27. The van der Waals surface area contributed by atoms with Crippen LogP contribution >= 0.6 is 0 Å².